The summed E-state index contributed by atoms with van der Waals surface area (Å²) >= 11 is 0. The number of carbonyl (C=O) groups excluding carboxylic acids is 2. The van der Waals surface area contributed by atoms with Gasteiger partial charge in [-0.05, 0) is 29.8 Å². The molecule has 1 heterocycles. The zero-order valence-corrected chi connectivity index (χ0v) is 15.5. The minimum absolute atomic E-state index is 0.0522. The molecule has 3 rings (SSSR count). The van der Waals surface area contributed by atoms with E-state index in [0.717, 1.165) is 5.69 Å². The molecule has 2 aromatic rings. The van der Waals surface area contributed by atoms with Gasteiger partial charge in [-0.2, -0.15) is 0 Å². The zero-order chi connectivity index (χ0) is 19.4. The van der Waals surface area contributed by atoms with Gasteiger partial charge in [-0.3, -0.25) is 9.59 Å². The third kappa shape index (κ3) is 4.28. The number of carbonyl (C=O) groups is 2. The van der Waals surface area contributed by atoms with Crippen LogP contribution in [0.1, 0.15) is 18.1 Å². The Morgan fingerprint density at radius 1 is 1.22 bits per heavy atom. The van der Waals surface area contributed by atoms with Crippen LogP contribution in [-0.4, -0.2) is 49.1 Å². The van der Waals surface area contributed by atoms with Crippen molar-refractivity contribution < 1.29 is 19.4 Å². The van der Waals surface area contributed by atoms with Gasteiger partial charge in [-0.25, -0.2) is 0 Å². The molecule has 1 fully saturated rings. The van der Waals surface area contributed by atoms with Crippen molar-refractivity contribution >= 4 is 17.5 Å². The van der Waals surface area contributed by atoms with E-state index in [4.69, 9.17) is 4.74 Å². The van der Waals surface area contributed by atoms with E-state index in [1.165, 1.54) is 4.90 Å². The lowest BCUT2D eigenvalue weighted by Crippen LogP contribution is -2.37. The van der Waals surface area contributed by atoms with Crippen molar-refractivity contribution in [2.75, 3.05) is 32.1 Å². The average Bonchev–Trinajstić information content (AvgIpc) is 3.09. The third-order valence-electron chi connectivity index (χ3n) is 4.87. The summed E-state index contributed by atoms with van der Waals surface area (Å²) < 4.78 is 5.11. The highest BCUT2D eigenvalue weighted by Gasteiger charge is 2.36. The molecule has 1 aliphatic heterocycles. The van der Waals surface area contributed by atoms with Gasteiger partial charge in [0, 0.05) is 25.7 Å². The molecule has 6 heteroatoms. The van der Waals surface area contributed by atoms with Crippen LogP contribution in [0.4, 0.5) is 5.69 Å². The highest BCUT2D eigenvalue weighted by molar-refractivity contribution is 6.00. The number of nitrogens with zero attached hydrogens (tertiary/aromatic N) is 2. The molecule has 0 saturated carbocycles. The number of amides is 2. The maximum absolute atomic E-state index is 12.8. The number of rotatable bonds is 6. The van der Waals surface area contributed by atoms with Gasteiger partial charge in [-0.15, -0.1) is 0 Å². The summed E-state index contributed by atoms with van der Waals surface area (Å²) in [5.74, 6) is 0.129. The summed E-state index contributed by atoms with van der Waals surface area (Å²) in [6.07, 6.45) is -0.608. The number of hydrogen-bond donors (Lipinski definition) is 1. The molecule has 1 N–H and O–H groups in total. The second-order valence-electron chi connectivity index (χ2n) is 6.75. The Morgan fingerprint density at radius 2 is 1.89 bits per heavy atom. The molecule has 0 bridgehead atoms. The first-order valence-electron chi connectivity index (χ1n) is 8.92. The minimum atomic E-state index is -0.799. The summed E-state index contributed by atoms with van der Waals surface area (Å²) in [6.45, 7) is 0.534. The molecular weight excluding hydrogens is 344 g/mol. The number of likely N-dealkylation sites (N-methyl/N-ethyl adjacent to an activating group) is 1. The number of ether oxygens (including phenoxy) is 1. The standard InChI is InChI=1S/C21H24N2O4/c1-22(14-19(24)15-8-10-18(27-2)11-9-15)21(26)16-12-20(25)23(13-16)17-6-4-3-5-7-17/h3-11,16,19,24H,12-14H2,1-2H3. The van der Waals surface area contributed by atoms with Crippen LogP contribution in [0.15, 0.2) is 54.6 Å². The fraction of sp³-hybridized carbons (Fsp3) is 0.333. The van der Waals surface area contributed by atoms with E-state index >= 15 is 0 Å². The third-order valence-corrected chi connectivity index (χ3v) is 4.87. The lowest BCUT2D eigenvalue weighted by Gasteiger charge is -2.24. The Labute approximate surface area is 159 Å². The maximum atomic E-state index is 12.8. The molecule has 2 amide bonds. The van der Waals surface area contributed by atoms with Crippen LogP contribution in [0.25, 0.3) is 0 Å². The van der Waals surface area contributed by atoms with Gasteiger partial charge in [0.1, 0.15) is 5.75 Å². The Balaban J connectivity index is 1.60. The van der Waals surface area contributed by atoms with Gasteiger partial charge in [0.05, 0.1) is 25.7 Å². The van der Waals surface area contributed by atoms with Crippen LogP contribution in [0, 0.1) is 5.92 Å². The first-order valence-corrected chi connectivity index (χ1v) is 8.92. The molecule has 0 aromatic heterocycles. The van der Waals surface area contributed by atoms with Crippen LogP contribution in [0.5, 0.6) is 5.75 Å². The van der Waals surface area contributed by atoms with Crippen molar-refractivity contribution in [3.8, 4) is 5.75 Å². The van der Waals surface area contributed by atoms with Gasteiger partial charge in [-0.1, -0.05) is 30.3 Å². The lowest BCUT2D eigenvalue weighted by atomic mass is 10.1. The number of methoxy groups -OCH3 is 1. The second kappa shape index (κ2) is 8.22. The highest BCUT2D eigenvalue weighted by Crippen LogP contribution is 2.26. The van der Waals surface area contributed by atoms with E-state index in [1.807, 2.05) is 30.3 Å². The minimum Gasteiger partial charge on any atom is -0.497 e. The van der Waals surface area contributed by atoms with Crippen LogP contribution in [-0.2, 0) is 9.59 Å². The van der Waals surface area contributed by atoms with Crippen molar-refractivity contribution in [1.82, 2.24) is 4.90 Å². The van der Waals surface area contributed by atoms with E-state index in [9.17, 15) is 14.7 Å². The fourth-order valence-corrected chi connectivity index (χ4v) is 3.32. The van der Waals surface area contributed by atoms with E-state index < -0.39 is 12.0 Å². The second-order valence-corrected chi connectivity index (χ2v) is 6.75. The number of para-hydroxylation sites is 1. The van der Waals surface area contributed by atoms with Crippen molar-refractivity contribution in [3.63, 3.8) is 0 Å². The quantitative estimate of drug-likeness (QED) is 0.849. The number of aliphatic hydroxyl groups excluding tert-OH is 1. The Hall–Kier alpha value is -2.86. The summed E-state index contributed by atoms with van der Waals surface area (Å²) in [7, 11) is 3.24. The topological polar surface area (TPSA) is 70.1 Å². The normalized spacial score (nSPS) is 17.7. The molecular formula is C21H24N2O4. The van der Waals surface area contributed by atoms with E-state index in [1.54, 1.807) is 43.3 Å². The molecule has 6 nitrogen and oxygen atoms in total. The molecule has 2 unspecified atom stereocenters. The maximum Gasteiger partial charge on any atom is 0.227 e. The highest BCUT2D eigenvalue weighted by atomic mass is 16.5. The predicted molar refractivity (Wildman–Crippen MR) is 102 cm³/mol. The number of anilines is 1. The molecule has 142 valence electrons. The van der Waals surface area contributed by atoms with Crippen molar-refractivity contribution in [2.24, 2.45) is 5.92 Å². The number of benzene rings is 2. The smallest absolute Gasteiger partial charge is 0.227 e. The number of aliphatic hydroxyl groups is 1. The van der Waals surface area contributed by atoms with Crippen molar-refractivity contribution in [1.29, 1.82) is 0 Å². The predicted octanol–water partition coefficient (Wildman–Crippen LogP) is 2.24. The number of hydrogen-bond acceptors (Lipinski definition) is 4. The first kappa shape index (κ1) is 18.9. The molecule has 1 saturated heterocycles. The van der Waals surface area contributed by atoms with Crippen LogP contribution < -0.4 is 9.64 Å². The first-order chi connectivity index (χ1) is 13.0. The Kier molecular flexibility index (Phi) is 5.76. The summed E-state index contributed by atoms with van der Waals surface area (Å²) in [5.41, 5.74) is 1.52. The molecule has 0 spiro atoms. The molecule has 0 radical (unpaired) electrons. The summed E-state index contributed by atoms with van der Waals surface area (Å²) in [4.78, 5) is 28.2. The Morgan fingerprint density at radius 3 is 2.52 bits per heavy atom. The molecule has 2 atom stereocenters. The van der Waals surface area contributed by atoms with E-state index in [-0.39, 0.29) is 24.8 Å². The van der Waals surface area contributed by atoms with E-state index in [0.29, 0.717) is 17.9 Å². The van der Waals surface area contributed by atoms with Gasteiger partial charge < -0.3 is 19.6 Å². The summed E-state index contributed by atoms with van der Waals surface area (Å²) in [5, 5.41) is 10.4. The molecule has 0 aliphatic carbocycles. The van der Waals surface area contributed by atoms with Crippen molar-refractivity contribution in [3.05, 3.63) is 60.2 Å². The van der Waals surface area contributed by atoms with Gasteiger partial charge in [0.15, 0.2) is 0 Å². The van der Waals surface area contributed by atoms with Gasteiger partial charge in [0.2, 0.25) is 11.8 Å². The van der Waals surface area contributed by atoms with E-state index in [2.05, 4.69) is 0 Å². The fourth-order valence-electron chi connectivity index (χ4n) is 3.32. The molecule has 1 aliphatic rings. The zero-order valence-electron chi connectivity index (χ0n) is 15.5. The Bertz CT molecular complexity index is 792. The van der Waals surface area contributed by atoms with Crippen LogP contribution in [0.3, 0.4) is 0 Å². The van der Waals surface area contributed by atoms with Crippen LogP contribution >= 0.6 is 0 Å². The lowest BCUT2D eigenvalue weighted by molar-refractivity contribution is -0.135. The molecule has 27 heavy (non-hydrogen) atoms. The van der Waals surface area contributed by atoms with Gasteiger partial charge >= 0.3 is 0 Å². The average molecular weight is 368 g/mol. The summed E-state index contributed by atoms with van der Waals surface area (Å²) in [6, 6.07) is 16.5. The molecule has 2 aromatic carbocycles. The monoisotopic (exact) mass is 368 g/mol. The van der Waals surface area contributed by atoms with Gasteiger partial charge in [0.25, 0.3) is 0 Å². The van der Waals surface area contributed by atoms with Crippen LogP contribution in [0.2, 0.25) is 0 Å². The largest absolute Gasteiger partial charge is 0.497 e. The SMILES string of the molecule is COc1ccc(C(O)CN(C)C(=O)C2CC(=O)N(c3ccccc3)C2)cc1. The van der Waals surface area contributed by atoms with Crippen molar-refractivity contribution in [2.45, 2.75) is 12.5 Å².